The molecule has 1 heterocycles. The smallest absolute Gasteiger partial charge is 0.346 e. The molecule has 1 saturated heterocycles. The van der Waals surface area contributed by atoms with Crippen LogP contribution in [0.4, 0.5) is 26.3 Å². The van der Waals surface area contributed by atoms with Gasteiger partial charge in [0.25, 0.3) is 6.43 Å². The Morgan fingerprint density at radius 2 is 1.65 bits per heavy atom. The zero-order chi connectivity index (χ0) is 28.8. The fourth-order valence-corrected chi connectivity index (χ4v) is 4.36. The van der Waals surface area contributed by atoms with Gasteiger partial charge < -0.3 is 14.2 Å². The van der Waals surface area contributed by atoms with Crippen molar-refractivity contribution in [2.24, 2.45) is 5.92 Å². The largest absolute Gasteiger partial charge is 0.423 e. The van der Waals surface area contributed by atoms with E-state index in [0.29, 0.717) is 42.9 Å². The van der Waals surface area contributed by atoms with Crippen molar-refractivity contribution in [3.8, 4) is 16.9 Å². The van der Waals surface area contributed by atoms with E-state index in [9.17, 15) is 31.1 Å². The third-order valence-electron chi connectivity index (χ3n) is 6.36. The zero-order valence-corrected chi connectivity index (χ0v) is 21.4. The van der Waals surface area contributed by atoms with E-state index in [4.69, 9.17) is 14.2 Å². The van der Waals surface area contributed by atoms with Crippen molar-refractivity contribution >= 4 is 5.97 Å². The standard InChI is InChI=1S/C30H26F6O4/c1-2-4-17-15-38-30(39-16-17)19-8-9-21(24(31)12-19)18-7-10-23(25(32)11-18)29(37)40-20-13-26(33)22(27(34)14-20)5-3-6-28(35)36/h3,6-14,17,28,30H,2,4-5,15-16H2,1H3. The highest BCUT2D eigenvalue weighted by molar-refractivity contribution is 5.92. The van der Waals surface area contributed by atoms with E-state index >= 15 is 0 Å². The first-order valence-electron chi connectivity index (χ1n) is 12.6. The van der Waals surface area contributed by atoms with Crippen LogP contribution >= 0.6 is 0 Å². The minimum atomic E-state index is -2.77. The number of allylic oxidation sites excluding steroid dienone is 2. The van der Waals surface area contributed by atoms with Gasteiger partial charge in [0, 0.05) is 34.7 Å². The predicted octanol–water partition coefficient (Wildman–Crippen LogP) is 7.95. The number of rotatable bonds is 9. The summed E-state index contributed by atoms with van der Waals surface area (Å²) in [6.45, 7) is 3.09. The number of halogens is 6. The molecule has 0 amide bonds. The lowest BCUT2D eigenvalue weighted by molar-refractivity contribution is -0.206. The van der Waals surface area contributed by atoms with Crippen LogP contribution in [0.25, 0.3) is 11.1 Å². The first kappa shape index (κ1) is 29.4. The van der Waals surface area contributed by atoms with Crippen LogP contribution in [0.15, 0.2) is 60.7 Å². The summed E-state index contributed by atoms with van der Waals surface area (Å²) in [6, 6.07) is 9.01. The maximum atomic E-state index is 15.0. The minimum Gasteiger partial charge on any atom is -0.423 e. The van der Waals surface area contributed by atoms with Crippen molar-refractivity contribution in [3.05, 3.63) is 101 Å². The molecule has 0 aliphatic carbocycles. The Hall–Kier alpha value is -3.63. The molecular weight excluding hydrogens is 538 g/mol. The van der Waals surface area contributed by atoms with Crippen molar-refractivity contribution in [2.45, 2.75) is 38.9 Å². The van der Waals surface area contributed by atoms with Crippen LogP contribution in [0.3, 0.4) is 0 Å². The molecule has 0 aromatic heterocycles. The molecule has 0 unspecified atom stereocenters. The number of carbonyl (C=O) groups excluding carboxylic acids is 1. The molecule has 212 valence electrons. The van der Waals surface area contributed by atoms with Gasteiger partial charge in [0.2, 0.25) is 0 Å². The third kappa shape index (κ3) is 7.11. The van der Waals surface area contributed by atoms with Crippen LogP contribution < -0.4 is 4.74 Å². The van der Waals surface area contributed by atoms with Gasteiger partial charge >= 0.3 is 5.97 Å². The van der Waals surface area contributed by atoms with Gasteiger partial charge in [0.15, 0.2) is 6.29 Å². The van der Waals surface area contributed by atoms with E-state index in [1.54, 1.807) is 6.07 Å². The van der Waals surface area contributed by atoms with Crippen LogP contribution in [-0.2, 0) is 15.9 Å². The van der Waals surface area contributed by atoms with Gasteiger partial charge in [-0.25, -0.2) is 31.1 Å². The molecule has 0 atom stereocenters. The molecule has 40 heavy (non-hydrogen) atoms. The molecule has 0 N–H and O–H groups in total. The van der Waals surface area contributed by atoms with Gasteiger partial charge in [-0.3, -0.25) is 0 Å². The van der Waals surface area contributed by atoms with Crippen LogP contribution in [0.5, 0.6) is 5.75 Å². The molecule has 4 rings (SSSR count). The highest BCUT2D eigenvalue weighted by atomic mass is 19.3. The molecule has 3 aromatic carbocycles. The van der Waals surface area contributed by atoms with Gasteiger partial charge in [-0.05, 0) is 42.7 Å². The SMILES string of the molecule is CCCC1COC(c2ccc(-c3ccc(C(=O)Oc4cc(F)c(CC=CC(F)F)c(F)c4)c(F)c3)c(F)c2)OC1. The van der Waals surface area contributed by atoms with E-state index in [2.05, 4.69) is 6.92 Å². The highest BCUT2D eigenvalue weighted by Crippen LogP contribution is 2.32. The Balaban J connectivity index is 1.45. The van der Waals surface area contributed by atoms with Crippen LogP contribution in [0, 0.1) is 29.2 Å². The average molecular weight is 565 g/mol. The summed E-state index contributed by atoms with van der Waals surface area (Å²) in [4.78, 5) is 12.5. The molecule has 0 radical (unpaired) electrons. The van der Waals surface area contributed by atoms with Gasteiger partial charge in [0.1, 0.15) is 29.0 Å². The highest BCUT2D eigenvalue weighted by Gasteiger charge is 2.24. The molecule has 10 heteroatoms. The van der Waals surface area contributed by atoms with Crippen molar-refractivity contribution in [2.75, 3.05) is 13.2 Å². The summed E-state index contributed by atoms with van der Waals surface area (Å²) in [5.74, 6) is -5.43. The maximum Gasteiger partial charge on any atom is 0.346 e. The van der Waals surface area contributed by atoms with Crippen LogP contribution in [0.2, 0.25) is 0 Å². The predicted molar refractivity (Wildman–Crippen MR) is 135 cm³/mol. The van der Waals surface area contributed by atoms with Crippen molar-refractivity contribution in [1.29, 1.82) is 0 Å². The Kier molecular flexibility index (Phi) is 9.65. The number of benzene rings is 3. The molecule has 0 bridgehead atoms. The monoisotopic (exact) mass is 564 g/mol. The van der Waals surface area contributed by atoms with E-state index in [0.717, 1.165) is 31.1 Å². The molecule has 1 aliphatic rings. The van der Waals surface area contributed by atoms with Gasteiger partial charge in [-0.15, -0.1) is 0 Å². The Morgan fingerprint density at radius 1 is 0.950 bits per heavy atom. The molecule has 1 fully saturated rings. The normalized spacial score (nSPS) is 17.5. The van der Waals surface area contributed by atoms with Crippen molar-refractivity contribution in [3.63, 3.8) is 0 Å². The quantitative estimate of drug-likeness (QED) is 0.115. The lowest BCUT2D eigenvalue weighted by Gasteiger charge is -2.29. The second-order valence-corrected chi connectivity index (χ2v) is 9.31. The number of esters is 1. The fourth-order valence-electron chi connectivity index (χ4n) is 4.36. The van der Waals surface area contributed by atoms with E-state index in [-0.39, 0.29) is 11.1 Å². The summed E-state index contributed by atoms with van der Waals surface area (Å²) < 4.78 is 99.1. The third-order valence-corrected chi connectivity index (χ3v) is 6.36. The van der Waals surface area contributed by atoms with E-state index < -0.39 is 65.3 Å². The Bertz CT molecular complexity index is 1360. The summed E-state index contributed by atoms with van der Waals surface area (Å²) in [5, 5.41) is 0. The van der Waals surface area contributed by atoms with E-state index in [1.165, 1.54) is 18.2 Å². The lowest BCUT2D eigenvalue weighted by atomic mass is 10.0. The van der Waals surface area contributed by atoms with Crippen LogP contribution in [0.1, 0.15) is 47.5 Å². The first-order valence-corrected chi connectivity index (χ1v) is 12.6. The number of alkyl halides is 2. The summed E-state index contributed by atoms with van der Waals surface area (Å²) in [7, 11) is 0. The fraction of sp³-hybridized carbons (Fsp3) is 0.300. The Morgan fingerprint density at radius 3 is 2.25 bits per heavy atom. The van der Waals surface area contributed by atoms with Gasteiger partial charge in [-0.2, -0.15) is 0 Å². The summed E-state index contributed by atoms with van der Waals surface area (Å²) >= 11 is 0. The number of hydrogen-bond acceptors (Lipinski definition) is 4. The summed E-state index contributed by atoms with van der Waals surface area (Å²) in [6.07, 6.45) is -0.542. The molecular formula is C30H26F6O4. The number of carbonyl (C=O) groups is 1. The lowest BCUT2D eigenvalue weighted by Crippen LogP contribution is -2.27. The van der Waals surface area contributed by atoms with E-state index in [1.807, 2.05) is 0 Å². The molecule has 0 spiro atoms. The van der Waals surface area contributed by atoms with Crippen molar-refractivity contribution < 1.29 is 45.3 Å². The average Bonchev–Trinajstić information content (AvgIpc) is 2.90. The maximum absolute atomic E-state index is 15.0. The van der Waals surface area contributed by atoms with Crippen LogP contribution in [-0.4, -0.2) is 25.6 Å². The van der Waals surface area contributed by atoms with Gasteiger partial charge in [0.05, 0.1) is 18.8 Å². The second kappa shape index (κ2) is 13.1. The minimum absolute atomic E-state index is 0.0721. The van der Waals surface area contributed by atoms with Gasteiger partial charge in [-0.1, -0.05) is 37.6 Å². The first-order chi connectivity index (χ1) is 19.2. The topological polar surface area (TPSA) is 44.8 Å². The molecule has 3 aromatic rings. The summed E-state index contributed by atoms with van der Waals surface area (Å²) in [5.41, 5.74) is -0.348. The number of ether oxygens (including phenoxy) is 3. The zero-order valence-electron chi connectivity index (χ0n) is 21.4. The molecule has 1 aliphatic heterocycles. The van der Waals surface area contributed by atoms with Crippen molar-refractivity contribution in [1.82, 2.24) is 0 Å². The molecule has 0 saturated carbocycles. The second-order valence-electron chi connectivity index (χ2n) is 9.31. The Labute approximate surface area is 227 Å². The number of hydrogen-bond donors (Lipinski definition) is 0. The molecule has 4 nitrogen and oxygen atoms in total.